The number of unbranched alkanes of at least 4 members (excludes halogenated alkanes) is 30. The van der Waals surface area contributed by atoms with Gasteiger partial charge >= 0.3 is 0 Å². The molecule has 0 aliphatic carbocycles. The van der Waals surface area contributed by atoms with Crippen LogP contribution < -0.4 is 5.32 Å². The predicted molar refractivity (Wildman–Crippen MR) is 336 cm³/mol. The minimum absolute atomic E-state index is 0.147. The van der Waals surface area contributed by atoms with Crippen molar-refractivity contribution in [1.29, 1.82) is 0 Å². The number of aliphatic hydroxyl groups excluding tert-OH is 16. The van der Waals surface area contributed by atoms with Gasteiger partial charge in [-0.1, -0.05) is 219 Å². The summed E-state index contributed by atoms with van der Waals surface area (Å²) in [5, 5.41) is 175. The highest BCUT2D eigenvalue weighted by atomic mass is 16.8. The lowest BCUT2D eigenvalue weighted by Crippen LogP contribution is -2.65. The van der Waals surface area contributed by atoms with Crippen LogP contribution in [-0.4, -0.2) is 268 Å². The highest BCUT2D eigenvalue weighted by Crippen LogP contribution is 2.32. The Morgan fingerprint density at radius 3 is 1.09 bits per heavy atom. The molecule has 0 aromatic carbocycles. The standard InChI is InChI=1S/C66H125NO25/c1-3-5-7-9-11-13-15-17-18-19-20-21-22-23-24-26-28-30-32-34-36-44(71)62(84)67-42(49(72)43(70)35-33-31-29-27-25-16-14-12-10-8-6-4-2)39-85-63-58(81)55(78)52(75)47(90-63)40-86-64-59(82)56(79)53(76)48(91-64)41-87-66-61(57(80)51(74)46(38-69)89-66)92-65-60(83)54(77)50(73)45(37-68)88-65/h42-61,63-66,68-83H,3-41H2,1-2H3,(H,67,84)/t42?,43?,44?,45-,46-,47-,48-,49?,50-,51+,52+,53+,54+,55+,56+,57+,58-,59-,60-,61-,63-,64-,65-,66-/m1/s1. The molecule has 4 saturated heterocycles. The average Bonchev–Trinajstić information content (AvgIpc) is 0.812. The molecule has 17 N–H and O–H groups in total. The van der Waals surface area contributed by atoms with Crippen molar-refractivity contribution in [1.82, 2.24) is 5.32 Å². The minimum atomic E-state index is -2.00. The summed E-state index contributed by atoms with van der Waals surface area (Å²) in [6.07, 6.45) is -2.97. The molecule has 4 aliphatic heterocycles. The molecule has 0 saturated carbocycles. The Morgan fingerprint density at radius 2 is 0.685 bits per heavy atom. The molecule has 26 heteroatoms. The Kier molecular flexibility index (Phi) is 42.8. The summed E-state index contributed by atoms with van der Waals surface area (Å²) in [5.41, 5.74) is 0. The third-order valence-electron chi connectivity index (χ3n) is 18.7. The zero-order valence-corrected chi connectivity index (χ0v) is 55.3. The van der Waals surface area contributed by atoms with Crippen LogP contribution in [0.3, 0.4) is 0 Å². The van der Waals surface area contributed by atoms with Crippen molar-refractivity contribution in [2.45, 2.75) is 379 Å². The van der Waals surface area contributed by atoms with E-state index in [9.17, 15) is 86.5 Å². The maximum atomic E-state index is 13.6. The van der Waals surface area contributed by atoms with E-state index in [1.807, 2.05) is 0 Å². The average molecular weight is 1330 g/mol. The van der Waals surface area contributed by atoms with E-state index in [1.165, 1.54) is 141 Å². The first-order valence-electron chi connectivity index (χ1n) is 35.5. The lowest BCUT2D eigenvalue weighted by molar-refractivity contribution is -0.374. The van der Waals surface area contributed by atoms with Crippen LogP contribution in [0.1, 0.15) is 232 Å². The van der Waals surface area contributed by atoms with Crippen LogP contribution in [0.25, 0.3) is 0 Å². The van der Waals surface area contributed by atoms with E-state index in [0.29, 0.717) is 12.8 Å². The molecule has 26 nitrogen and oxygen atoms in total. The van der Waals surface area contributed by atoms with E-state index in [1.54, 1.807) is 0 Å². The Hall–Kier alpha value is -1.49. The monoisotopic (exact) mass is 1330 g/mol. The molecule has 4 aliphatic rings. The van der Waals surface area contributed by atoms with E-state index in [2.05, 4.69) is 19.2 Å². The van der Waals surface area contributed by atoms with Crippen LogP contribution in [0.4, 0.5) is 0 Å². The van der Waals surface area contributed by atoms with Gasteiger partial charge in [0.25, 0.3) is 0 Å². The Labute approximate surface area is 546 Å². The molecule has 0 spiro atoms. The van der Waals surface area contributed by atoms with E-state index in [-0.39, 0.29) is 12.8 Å². The number of hydrogen-bond acceptors (Lipinski definition) is 25. The van der Waals surface area contributed by atoms with Crippen molar-refractivity contribution >= 4 is 5.91 Å². The fourth-order valence-electron chi connectivity index (χ4n) is 12.5. The van der Waals surface area contributed by atoms with Crippen molar-refractivity contribution in [2.24, 2.45) is 0 Å². The molecule has 24 atom stereocenters. The molecule has 4 fully saturated rings. The lowest BCUT2D eigenvalue weighted by atomic mass is 9.97. The van der Waals surface area contributed by atoms with Crippen molar-refractivity contribution < 1.29 is 124 Å². The van der Waals surface area contributed by atoms with Gasteiger partial charge < -0.3 is 125 Å². The minimum Gasteiger partial charge on any atom is -0.394 e. The SMILES string of the molecule is CCCCCCCCCCCCCCCCCCCCCCC(O)C(=O)NC(CO[C@@H]1O[C@H](CO[C@@H]2O[C@H](CO[C@@H]3O[C@H](CO)[C@H](O)[C@H](O)[C@H]3O[C@H]3O[C@H](CO)[C@@H](O)[C@H](O)[C@H]3O)[C@H](O)[C@H](O)[C@H]2O)[C@H](O)[C@H](O)[C@H]1O)C(O)C(O)CCCCCCCCCCCCCC. The molecule has 0 bridgehead atoms. The Bertz CT molecular complexity index is 1840. The molecule has 4 unspecified atom stereocenters. The van der Waals surface area contributed by atoms with Gasteiger partial charge in [-0.3, -0.25) is 4.79 Å². The largest absolute Gasteiger partial charge is 0.394 e. The highest BCUT2D eigenvalue weighted by molar-refractivity contribution is 5.80. The Balaban J connectivity index is 1.30. The van der Waals surface area contributed by atoms with Gasteiger partial charge in [-0.2, -0.15) is 0 Å². The zero-order chi connectivity index (χ0) is 67.4. The smallest absolute Gasteiger partial charge is 0.249 e. The van der Waals surface area contributed by atoms with Crippen LogP contribution in [0.2, 0.25) is 0 Å². The van der Waals surface area contributed by atoms with Gasteiger partial charge in [0.2, 0.25) is 5.91 Å². The van der Waals surface area contributed by atoms with Crippen LogP contribution in [0.5, 0.6) is 0 Å². The number of carbonyl (C=O) groups is 1. The van der Waals surface area contributed by atoms with E-state index in [0.717, 1.165) is 51.4 Å². The second kappa shape index (κ2) is 47.5. The summed E-state index contributed by atoms with van der Waals surface area (Å²) in [6.45, 7) is 0.614. The summed E-state index contributed by atoms with van der Waals surface area (Å²) in [4.78, 5) is 13.6. The van der Waals surface area contributed by atoms with E-state index >= 15 is 0 Å². The number of rotatable bonds is 51. The molecule has 92 heavy (non-hydrogen) atoms. The van der Waals surface area contributed by atoms with E-state index in [4.69, 9.17) is 37.9 Å². The van der Waals surface area contributed by atoms with E-state index < -0.39 is 186 Å². The number of ether oxygens (including phenoxy) is 8. The molecular weight excluding hydrogens is 1210 g/mol. The predicted octanol–water partition coefficient (Wildman–Crippen LogP) is 2.15. The fourth-order valence-corrected chi connectivity index (χ4v) is 12.5. The number of nitrogens with one attached hydrogen (secondary N) is 1. The molecule has 1 amide bonds. The van der Waals surface area contributed by atoms with Gasteiger partial charge in [0.15, 0.2) is 25.2 Å². The molecule has 544 valence electrons. The fraction of sp³-hybridized carbons (Fsp3) is 0.985. The molecule has 0 aromatic heterocycles. The normalized spacial score (nSPS) is 33.4. The molecule has 0 aromatic rings. The first-order valence-corrected chi connectivity index (χ1v) is 35.5. The molecular formula is C66H125NO25. The van der Waals surface area contributed by atoms with Crippen molar-refractivity contribution in [3.63, 3.8) is 0 Å². The van der Waals surface area contributed by atoms with Crippen LogP contribution in [0, 0.1) is 0 Å². The molecule has 4 heterocycles. The van der Waals surface area contributed by atoms with Crippen molar-refractivity contribution in [2.75, 3.05) is 33.0 Å². The summed E-state index contributed by atoms with van der Waals surface area (Å²) in [6, 6.07) is -1.37. The number of carbonyl (C=O) groups excluding carboxylic acids is 1. The maximum Gasteiger partial charge on any atom is 0.249 e. The summed E-state index contributed by atoms with van der Waals surface area (Å²) < 4.78 is 45.7. The van der Waals surface area contributed by atoms with Gasteiger partial charge in [-0.05, 0) is 12.8 Å². The van der Waals surface area contributed by atoms with Crippen molar-refractivity contribution in [3.8, 4) is 0 Å². The molecule has 4 rings (SSSR count). The van der Waals surface area contributed by atoms with Gasteiger partial charge in [-0.15, -0.1) is 0 Å². The van der Waals surface area contributed by atoms with Gasteiger partial charge in [0.1, 0.15) is 110 Å². The van der Waals surface area contributed by atoms with Gasteiger partial charge in [0.05, 0.1) is 45.2 Å². The lowest BCUT2D eigenvalue weighted by Gasteiger charge is -2.46. The number of hydrogen-bond donors (Lipinski definition) is 17. The van der Waals surface area contributed by atoms with Gasteiger partial charge in [-0.25, -0.2) is 0 Å². The maximum absolute atomic E-state index is 13.6. The Morgan fingerprint density at radius 1 is 0.370 bits per heavy atom. The van der Waals surface area contributed by atoms with Crippen molar-refractivity contribution in [3.05, 3.63) is 0 Å². The summed E-state index contributed by atoms with van der Waals surface area (Å²) in [7, 11) is 0. The zero-order valence-electron chi connectivity index (χ0n) is 55.3. The van der Waals surface area contributed by atoms with Crippen LogP contribution >= 0.6 is 0 Å². The third kappa shape index (κ3) is 28.8. The quantitative estimate of drug-likeness (QED) is 0.0388. The number of aliphatic hydroxyl groups is 16. The van der Waals surface area contributed by atoms with Crippen LogP contribution in [0.15, 0.2) is 0 Å². The second-order valence-corrected chi connectivity index (χ2v) is 26.4. The number of amides is 1. The topological polar surface area (TPSA) is 427 Å². The summed E-state index contributed by atoms with van der Waals surface area (Å²) >= 11 is 0. The second-order valence-electron chi connectivity index (χ2n) is 26.4. The first-order chi connectivity index (χ1) is 44.3. The summed E-state index contributed by atoms with van der Waals surface area (Å²) in [5.74, 6) is -0.819. The first kappa shape index (κ1) is 82.9. The highest BCUT2D eigenvalue weighted by Gasteiger charge is 2.53. The van der Waals surface area contributed by atoms with Gasteiger partial charge in [0, 0.05) is 0 Å². The molecule has 0 radical (unpaired) electrons. The third-order valence-corrected chi connectivity index (χ3v) is 18.7. The van der Waals surface area contributed by atoms with Crippen LogP contribution in [-0.2, 0) is 42.7 Å².